The second-order valence-corrected chi connectivity index (χ2v) is 10.8. The highest BCUT2D eigenvalue weighted by Crippen LogP contribution is 2.44. The van der Waals surface area contributed by atoms with E-state index in [0.717, 1.165) is 5.56 Å². The average Bonchev–Trinajstić information content (AvgIpc) is 3.49. The number of carbonyl (C=O) groups excluding carboxylic acids is 4. The molecule has 1 aliphatic rings. The number of esters is 3. The minimum atomic E-state index is -1.29. The predicted octanol–water partition coefficient (Wildman–Crippen LogP) is 4.88. The molecule has 2 N–H and O–H groups in total. The second-order valence-electron chi connectivity index (χ2n) is 10.8. The third kappa shape index (κ3) is 8.17. The van der Waals surface area contributed by atoms with Crippen LogP contribution in [0, 0.1) is 22.0 Å². The summed E-state index contributed by atoms with van der Waals surface area (Å²) in [5, 5.41) is 10.9. The van der Waals surface area contributed by atoms with Gasteiger partial charge in [0.2, 0.25) is 5.91 Å². The molecule has 0 bridgehead atoms. The molecule has 0 aliphatic carbocycles. The Morgan fingerprint density at radius 2 is 1.47 bits per heavy atom. The molecule has 4 aromatic rings. The second kappa shape index (κ2) is 14.8. The van der Waals surface area contributed by atoms with Gasteiger partial charge in [-0.1, -0.05) is 66.7 Å². The van der Waals surface area contributed by atoms with E-state index in [4.69, 9.17) is 24.7 Å². The van der Waals surface area contributed by atoms with Gasteiger partial charge in [0, 0.05) is 29.7 Å². The Hall–Kier alpha value is -6.04. The van der Waals surface area contributed by atoms with Crippen LogP contribution >= 0.6 is 0 Å². The highest BCUT2D eigenvalue weighted by Gasteiger charge is 2.45. The number of primary amides is 1. The first-order valence-corrected chi connectivity index (χ1v) is 14.6. The van der Waals surface area contributed by atoms with Crippen LogP contribution in [0.3, 0.4) is 0 Å². The predicted molar refractivity (Wildman–Crippen MR) is 166 cm³/mol. The van der Waals surface area contributed by atoms with Crippen LogP contribution in [0.15, 0.2) is 103 Å². The maximum Gasteiger partial charge on any atom is 0.343 e. The van der Waals surface area contributed by atoms with Gasteiger partial charge < -0.3 is 24.7 Å². The Morgan fingerprint density at radius 1 is 0.851 bits per heavy atom. The molecule has 47 heavy (non-hydrogen) atoms. The quantitative estimate of drug-likeness (QED) is 0.0919. The Morgan fingerprint density at radius 3 is 2.06 bits per heavy atom. The lowest BCUT2D eigenvalue weighted by molar-refractivity contribution is -0.384. The lowest BCUT2D eigenvalue weighted by Crippen LogP contribution is -2.41. The van der Waals surface area contributed by atoms with Crippen molar-refractivity contribution in [2.75, 3.05) is 6.61 Å². The number of fused-ring (bicyclic) bond motifs is 1. The van der Waals surface area contributed by atoms with Crippen LogP contribution in [0.2, 0.25) is 0 Å². The fourth-order valence-corrected chi connectivity index (χ4v) is 5.31. The number of hydrogen-bond donors (Lipinski definition) is 1. The van der Waals surface area contributed by atoms with Crippen molar-refractivity contribution < 1.29 is 43.0 Å². The number of nitro groups is 1. The first-order valence-electron chi connectivity index (χ1n) is 14.6. The van der Waals surface area contributed by atoms with Crippen LogP contribution in [0.5, 0.6) is 11.5 Å². The molecule has 240 valence electrons. The summed E-state index contributed by atoms with van der Waals surface area (Å²) in [6.07, 6.45) is -0.467. The van der Waals surface area contributed by atoms with Crippen LogP contribution in [-0.2, 0) is 37.1 Å². The highest BCUT2D eigenvalue weighted by molar-refractivity contribution is 5.91. The fourth-order valence-electron chi connectivity index (χ4n) is 5.31. The lowest BCUT2D eigenvalue weighted by atomic mass is 9.76. The van der Waals surface area contributed by atoms with E-state index in [1.165, 1.54) is 36.4 Å². The van der Waals surface area contributed by atoms with E-state index >= 15 is 0 Å². The van der Waals surface area contributed by atoms with Gasteiger partial charge in [-0.15, -0.1) is 0 Å². The Balaban J connectivity index is 1.34. The number of nitro benzene ring substituents is 1. The van der Waals surface area contributed by atoms with E-state index in [0.29, 0.717) is 16.9 Å². The summed E-state index contributed by atoms with van der Waals surface area (Å²) in [6, 6.07) is 27.4. The molecular weight excluding hydrogens is 608 g/mol. The molecule has 4 aromatic carbocycles. The molecule has 12 nitrogen and oxygen atoms in total. The normalized spacial score (nSPS) is 14.5. The third-order valence-electron chi connectivity index (χ3n) is 7.68. The van der Waals surface area contributed by atoms with Crippen LogP contribution < -0.4 is 15.2 Å². The zero-order chi connectivity index (χ0) is 33.3. The molecule has 0 saturated carbocycles. The Bertz CT molecular complexity index is 1760. The summed E-state index contributed by atoms with van der Waals surface area (Å²) >= 11 is 0. The monoisotopic (exact) mass is 638 g/mol. The Labute approximate surface area is 269 Å². The van der Waals surface area contributed by atoms with Gasteiger partial charge in [0.05, 0.1) is 35.4 Å². The molecule has 1 aliphatic heterocycles. The molecule has 0 aromatic heterocycles. The largest absolute Gasteiger partial charge is 0.492 e. The molecule has 1 unspecified atom stereocenters. The molecule has 0 fully saturated rings. The van der Waals surface area contributed by atoms with Crippen LogP contribution in [-0.4, -0.2) is 35.3 Å². The standard InChI is InChI=1S/C35H30N2O10/c36-33(39)32(28(35(41)46-20-23-9-5-2-6-10-23)18-31(38)45-19-22-7-3-1-4-8-22)29-21-44-30-17-26(15-16-27(29)30)47-34(40)24-11-13-25(14-12-24)37(42)43/h1-17,28-29,32H,18-21H2,(H2,36,39)/t28-,29+,32?/m0/s1. The number of ether oxygens (including phenoxy) is 4. The van der Waals surface area contributed by atoms with Crippen molar-refractivity contribution in [2.24, 2.45) is 17.6 Å². The number of hydrogen-bond acceptors (Lipinski definition) is 10. The van der Waals surface area contributed by atoms with Crippen LogP contribution in [0.1, 0.15) is 39.4 Å². The van der Waals surface area contributed by atoms with Gasteiger partial charge in [-0.25, -0.2) is 4.79 Å². The van der Waals surface area contributed by atoms with Crippen molar-refractivity contribution in [3.63, 3.8) is 0 Å². The molecular formula is C35H30N2O10. The van der Waals surface area contributed by atoms with Crippen molar-refractivity contribution in [1.29, 1.82) is 0 Å². The minimum Gasteiger partial charge on any atom is -0.492 e. The molecule has 12 heteroatoms. The molecule has 5 rings (SSSR count). The van der Waals surface area contributed by atoms with E-state index < -0.39 is 52.9 Å². The summed E-state index contributed by atoms with van der Waals surface area (Å²) in [5.74, 6) is -5.93. The summed E-state index contributed by atoms with van der Waals surface area (Å²) < 4.78 is 22.3. The van der Waals surface area contributed by atoms with Crippen molar-refractivity contribution in [3.8, 4) is 11.5 Å². The summed E-state index contributed by atoms with van der Waals surface area (Å²) in [5.41, 5.74) is 7.79. The zero-order valence-corrected chi connectivity index (χ0v) is 25.0. The number of carbonyl (C=O) groups is 4. The number of rotatable bonds is 13. The van der Waals surface area contributed by atoms with E-state index in [1.807, 2.05) is 12.1 Å². The smallest absolute Gasteiger partial charge is 0.343 e. The van der Waals surface area contributed by atoms with E-state index in [9.17, 15) is 29.3 Å². The first-order chi connectivity index (χ1) is 22.7. The van der Waals surface area contributed by atoms with Gasteiger partial charge in [0.25, 0.3) is 5.69 Å². The van der Waals surface area contributed by atoms with Crippen molar-refractivity contribution in [2.45, 2.75) is 25.6 Å². The first kappa shape index (κ1) is 32.4. The van der Waals surface area contributed by atoms with E-state index in [2.05, 4.69) is 0 Å². The van der Waals surface area contributed by atoms with Crippen molar-refractivity contribution >= 4 is 29.5 Å². The molecule has 1 amide bonds. The van der Waals surface area contributed by atoms with Gasteiger partial charge in [0.15, 0.2) is 0 Å². The zero-order valence-electron chi connectivity index (χ0n) is 25.0. The maximum absolute atomic E-state index is 13.5. The van der Waals surface area contributed by atoms with E-state index in [-0.39, 0.29) is 36.8 Å². The van der Waals surface area contributed by atoms with Crippen molar-refractivity contribution in [1.82, 2.24) is 0 Å². The van der Waals surface area contributed by atoms with Gasteiger partial charge in [-0.05, 0) is 29.3 Å². The minimum absolute atomic E-state index is 0.0244. The van der Waals surface area contributed by atoms with Gasteiger partial charge in [0.1, 0.15) is 24.7 Å². The fraction of sp³-hybridized carbons (Fsp3) is 0.200. The summed E-state index contributed by atoms with van der Waals surface area (Å²) in [6.45, 7) is -0.157. The SMILES string of the molecule is NC(=O)C([C@H](CC(=O)OCc1ccccc1)C(=O)OCc1ccccc1)[C@@H]1COc2cc(OC(=O)c3ccc([N+](=O)[O-])cc3)ccc21. The topological polar surface area (TPSA) is 174 Å². The summed E-state index contributed by atoms with van der Waals surface area (Å²) in [7, 11) is 0. The van der Waals surface area contributed by atoms with E-state index in [1.54, 1.807) is 54.6 Å². The van der Waals surface area contributed by atoms with Crippen molar-refractivity contribution in [3.05, 3.63) is 135 Å². The molecule has 0 saturated heterocycles. The molecule has 3 atom stereocenters. The number of nitrogens with two attached hydrogens (primary N) is 1. The number of nitrogens with zero attached hydrogens (tertiary/aromatic N) is 1. The Kier molecular flexibility index (Phi) is 10.2. The lowest BCUT2D eigenvalue weighted by Gasteiger charge is -2.27. The number of benzene rings is 4. The van der Waals surface area contributed by atoms with Crippen LogP contribution in [0.4, 0.5) is 5.69 Å². The molecule has 0 spiro atoms. The maximum atomic E-state index is 13.5. The average molecular weight is 639 g/mol. The number of amides is 1. The highest BCUT2D eigenvalue weighted by atomic mass is 16.6. The summed E-state index contributed by atoms with van der Waals surface area (Å²) in [4.78, 5) is 62.5. The van der Waals surface area contributed by atoms with Crippen LogP contribution in [0.25, 0.3) is 0 Å². The van der Waals surface area contributed by atoms with Gasteiger partial charge in [-0.2, -0.15) is 0 Å². The number of non-ortho nitro benzene ring substituents is 1. The van der Waals surface area contributed by atoms with Gasteiger partial charge >= 0.3 is 17.9 Å². The molecule has 0 radical (unpaired) electrons. The van der Waals surface area contributed by atoms with Gasteiger partial charge in [-0.3, -0.25) is 24.5 Å². The molecule has 1 heterocycles. The third-order valence-corrected chi connectivity index (χ3v) is 7.68.